The van der Waals surface area contributed by atoms with Gasteiger partial charge in [-0.25, -0.2) is 0 Å². The molecule has 0 unspecified atom stereocenters. The molecule has 2 rings (SSSR count). The third-order valence-electron chi connectivity index (χ3n) is 4.22. The Bertz CT molecular complexity index is 563. The number of benzene rings is 2. The zero-order valence-corrected chi connectivity index (χ0v) is 13.0. The van der Waals surface area contributed by atoms with Crippen molar-refractivity contribution in [2.24, 2.45) is 0 Å². The number of rotatable bonds is 2. The van der Waals surface area contributed by atoms with Crippen LogP contribution in [0.25, 0.3) is 0 Å². The molecule has 0 N–H and O–H groups in total. The molecule has 0 bridgehead atoms. The van der Waals surface area contributed by atoms with E-state index < -0.39 is 0 Å². The number of hydrogen-bond donors (Lipinski definition) is 0. The van der Waals surface area contributed by atoms with Crippen molar-refractivity contribution in [3.05, 3.63) is 68.8 Å². The summed E-state index contributed by atoms with van der Waals surface area (Å²) in [5.41, 5.74) is 11.3. The van der Waals surface area contributed by atoms with Gasteiger partial charge in [-0.05, 0) is 81.3 Å². The fraction of sp³-hybridized carbons (Fsp3) is 0.368. The Kier molecular flexibility index (Phi) is 3.80. The van der Waals surface area contributed by atoms with Gasteiger partial charge >= 0.3 is 0 Å². The maximum atomic E-state index is 2.33. The minimum Gasteiger partial charge on any atom is -0.0561 e. The second-order valence-corrected chi connectivity index (χ2v) is 5.91. The van der Waals surface area contributed by atoms with Crippen LogP contribution in [0.1, 0.15) is 44.5 Å². The quantitative estimate of drug-likeness (QED) is 0.695. The fourth-order valence-corrected chi connectivity index (χ4v) is 2.83. The fourth-order valence-electron chi connectivity index (χ4n) is 2.83. The van der Waals surface area contributed by atoms with E-state index in [1.165, 1.54) is 44.5 Å². The summed E-state index contributed by atoms with van der Waals surface area (Å²) in [6, 6.07) is 9.21. The molecule has 0 heteroatoms. The highest BCUT2D eigenvalue weighted by atomic mass is 14.1. The summed E-state index contributed by atoms with van der Waals surface area (Å²) in [5, 5.41) is 0. The standard InChI is InChI=1S/C19H24/c1-12-7-14(3)16(5)18(9-12)11-19-10-13(2)8-15(4)17(19)6/h7-10H,11H2,1-6H3. The van der Waals surface area contributed by atoms with E-state index in [0.29, 0.717) is 0 Å². The summed E-state index contributed by atoms with van der Waals surface area (Å²) in [5.74, 6) is 0. The topological polar surface area (TPSA) is 0 Å². The highest BCUT2D eigenvalue weighted by molar-refractivity contribution is 5.44. The lowest BCUT2D eigenvalue weighted by Gasteiger charge is -2.14. The Morgan fingerprint density at radius 1 is 0.579 bits per heavy atom. The second kappa shape index (κ2) is 5.21. The molecule has 0 atom stereocenters. The Hall–Kier alpha value is -1.56. The van der Waals surface area contributed by atoms with Gasteiger partial charge in [-0.3, -0.25) is 0 Å². The first-order chi connectivity index (χ1) is 8.88. The maximum absolute atomic E-state index is 2.33. The first-order valence-electron chi connectivity index (χ1n) is 7.02. The predicted molar refractivity (Wildman–Crippen MR) is 84.1 cm³/mol. The monoisotopic (exact) mass is 252 g/mol. The van der Waals surface area contributed by atoms with Crippen LogP contribution in [0.2, 0.25) is 0 Å². The first-order valence-corrected chi connectivity index (χ1v) is 7.02. The summed E-state index contributed by atoms with van der Waals surface area (Å²) in [6.45, 7) is 13.3. The van der Waals surface area contributed by atoms with Crippen LogP contribution in [-0.2, 0) is 6.42 Å². The molecule has 0 radical (unpaired) electrons. The average molecular weight is 252 g/mol. The highest BCUT2D eigenvalue weighted by Crippen LogP contribution is 2.23. The molecule has 0 saturated heterocycles. The number of aryl methyl sites for hydroxylation is 4. The largest absolute Gasteiger partial charge is 0.0561 e. The lowest BCUT2D eigenvalue weighted by atomic mass is 9.91. The smallest absolute Gasteiger partial charge is 0.00201 e. The molecule has 0 fully saturated rings. The van der Waals surface area contributed by atoms with E-state index in [0.717, 1.165) is 6.42 Å². The van der Waals surface area contributed by atoms with Crippen LogP contribution in [0.5, 0.6) is 0 Å². The minimum atomic E-state index is 1.04. The third kappa shape index (κ3) is 2.89. The maximum Gasteiger partial charge on any atom is -0.00201 e. The van der Waals surface area contributed by atoms with E-state index in [1.54, 1.807) is 0 Å². The molecule has 0 heterocycles. The molecule has 0 aliphatic carbocycles. The van der Waals surface area contributed by atoms with Crippen LogP contribution in [0.4, 0.5) is 0 Å². The molecule has 0 spiro atoms. The van der Waals surface area contributed by atoms with Gasteiger partial charge in [0.25, 0.3) is 0 Å². The van der Waals surface area contributed by atoms with Crippen LogP contribution in [0.15, 0.2) is 24.3 Å². The summed E-state index contributed by atoms with van der Waals surface area (Å²) in [4.78, 5) is 0. The lowest BCUT2D eigenvalue weighted by molar-refractivity contribution is 1.09. The van der Waals surface area contributed by atoms with Gasteiger partial charge in [0.1, 0.15) is 0 Å². The normalized spacial score (nSPS) is 10.8. The van der Waals surface area contributed by atoms with Crippen molar-refractivity contribution in [1.29, 1.82) is 0 Å². The minimum absolute atomic E-state index is 1.04. The molecule has 0 aromatic heterocycles. The van der Waals surface area contributed by atoms with Crippen LogP contribution < -0.4 is 0 Å². The summed E-state index contributed by atoms with van der Waals surface area (Å²) < 4.78 is 0. The van der Waals surface area contributed by atoms with Gasteiger partial charge in [0.05, 0.1) is 0 Å². The van der Waals surface area contributed by atoms with Crippen LogP contribution in [-0.4, -0.2) is 0 Å². The van der Waals surface area contributed by atoms with Crippen molar-refractivity contribution in [2.45, 2.75) is 48.0 Å². The van der Waals surface area contributed by atoms with Gasteiger partial charge in [0.15, 0.2) is 0 Å². The van der Waals surface area contributed by atoms with Crippen molar-refractivity contribution in [1.82, 2.24) is 0 Å². The van der Waals surface area contributed by atoms with Crippen molar-refractivity contribution in [3.63, 3.8) is 0 Å². The highest BCUT2D eigenvalue weighted by Gasteiger charge is 2.08. The summed E-state index contributed by atoms with van der Waals surface area (Å²) in [6.07, 6.45) is 1.04. The molecule has 0 aliphatic rings. The molecule has 0 nitrogen and oxygen atoms in total. The van der Waals surface area contributed by atoms with E-state index in [2.05, 4.69) is 65.8 Å². The number of hydrogen-bond acceptors (Lipinski definition) is 0. The molecular weight excluding hydrogens is 228 g/mol. The van der Waals surface area contributed by atoms with Gasteiger partial charge in [-0.1, -0.05) is 35.4 Å². The lowest BCUT2D eigenvalue weighted by Crippen LogP contribution is -1.99. The van der Waals surface area contributed by atoms with Crippen molar-refractivity contribution in [3.8, 4) is 0 Å². The molecule has 0 saturated carbocycles. The van der Waals surface area contributed by atoms with Crippen LogP contribution >= 0.6 is 0 Å². The van der Waals surface area contributed by atoms with Gasteiger partial charge in [-0.15, -0.1) is 0 Å². The van der Waals surface area contributed by atoms with Crippen molar-refractivity contribution in [2.75, 3.05) is 0 Å². The van der Waals surface area contributed by atoms with Gasteiger partial charge < -0.3 is 0 Å². The van der Waals surface area contributed by atoms with Crippen LogP contribution in [0, 0.1) is 41.5 Å². The average Bonchev–Trinajstić information content (AvgIpc) is 2.31. The predicted octanol–water partition coefficient (Wildman–Crippen LogP) is 5.13. The van der Waals surface area contributed by atoms with E-state index in [4.69, 9.17) is 0 Å². The van der Waals surface area contributed by atoms with E-state index in [-0.39, 0.29) is 0 Å². The molecule has 0 aliphatic heterocycles. The molecule has 2 aromatic carbocycles. The summed E-state index contributed by atoms with van der Waals surface area (Å²) >= 11 is 0. The first kappa shape index (κ1) is 13.9. The Balaban J connectivity index is 2.47. The van der Waals surface area contributed by atoms with E-state index in [1.807, 2.05) is 0 Å². The molecular formula is C19H24. The molecule has 100 valence electrons. The Morgan fingerprint density at radius 2 is 0.947 bits per heavy atom. The van der Waals surface area contributed by atoms with Gasteiger partial charge in [-0.2, -0.15) is 0 Å². The van der Waals surface area contributed by atoms with Crippen molar-refractivity contribution < 1.29 is 0 Å². The van der Waals surface area contributed by atoms with E-state index >= 15 is 0 Å². The van der Waals surface area contributed by atoms with Gasteiger partial charge in [0, 0.05) is 0 Å². The van der Waals surface area contributed by atoms with Crippen molar-refractivity contribution >= 4 is 0 Å². The van der Waals surface area contributed by atoms with E-state index in [9.17, 15) is 0 Å². The third-order valence-corrected chi connectivity index (χ3v) is 4.22. The molecule has 19 heavy (non-hydrogen) atoms. The van der Waals surface area contributed by atoms with Gasteiger partial charge in [0.2, 0.25) is 0 Å². The Labute approximate surface area is 117 Å². The molecule has 0 amide bonds. The zero-order valence-electron chi connectivity index (χ0n) is 13.0. The van der Waals surface area contributed by atoms with Crippen LogP contribution in [0.3, 0.4) is 0 Å². The second-order valence-electron chi connectivity index (χ2n) is 5.91. The zero-order chi connectivity index (χ0) is 14.2. The summed E-state index contributed by atoms with van der Waals surface area (Å²) in [7, 11) is 0. The molecule has 2 aromatic rings. The SMILES string of the molecule is Cc1cc(C)c(C)c(Cc2cc(C)cc(C)c2C)c1. The Morgan fingerprint density at radius 3 is 1.32 bits per heavy atom.